The average molecular weight is 435 g/mol. The summed E-state index contributed by atoms with van der Waals surface area (Å²) in [5.41, 5.74) is 4.19. The third kappa shape index (κ3) is 3.66. The van der Waals surface area contributed by atoms with Crippen molar-refractivity contribution in [3.8, 4) is 11.5 Å². The number of methoxy groups -OCH3 is 2. The lowest BCUT2D eigenvalue weighted by atomic mass is 10.0. The molecule has 3 heterocycles. The predicted molar refractivity (Wildman–Crippen MR) is 123 cm³/mol. The Hall–Kier alpha value is -3.88. The zero-order chi connectivity index (χ0) is 22.8. The van der Waals surface area contributed by atoms with Gasteiger partial charge in [-0.2, -0.15) is 4.98 Å². The molecule has 166 valence electrons. The first-order valence-electron chi connectivity index (χ1n) is 10.3. The summed E-state index contributed by atoms with van der Waals surface area (Å²) in [6.07, 6.45) is 5.14. The highest BCUT2D eigenvalue weighted by molar-refractivity contribution is 6.06. The number of carbonyl (C=O) groups excluding carboxylic acids is 1. The average Bonchev–Trinajstić information content (AvgIpc) is 2.80. The van der Waals surface area contributed by atoms with Gasteiger partial charge in [0.25, 0.3) is 0 Å². The van der Waals surface area contributed by atoms with E-state index in [1.54, 1.807) is 42.6 Å². The molecule has 3 aromatic rings. The van der Waals surface area contributed by atoms with Crippen molar-refractivity contribution in [3.05, 3.63) is 53.5 Å². The predicted octanol–water partition coefficient (Wildman–Crippen LogP) is 4.22. The molecule has 9 nitrogen and oxygen atoms in total. The van der Waals surface area contributed by atoms with Gasteiger partial charge in [-0.25, -0.2) is 9.78 Å². The van der Waals surface area contributed by atoms with Gasteiger partial charge in [-0.3, -0.25) is 14.8 Å². The summed E-state index contributed by atoms with van der Waals surface area (Å²) in [4.78, 5) is 30.1. The van der Waals surface area contributed by atoms with Crippen molar-refractivity contribution >= 4 is 29.2 Å². The molecule has 0 saturated heterocycles. The molecule has 0 spiro atoms. The number of amides is 2. The number of benzene rings is 1. The van der Waals surface area contributed by atoms with Crippen LogP contribution in [0.1, 0.15) is 23.6 Å². The second-order valence-corrected chi connectivity index (χ2v) is 7.40. The molecule has 0 aliphatic carbocycles. The largest absolute Gasteiger partial charge is 0.496 e. The van der Waals surface area contributed by atoms with Crippen LogP contribution >= 0.6 is 0 Å². The van der Waals surface area contributed by atoms with Crippen molar-refractivity contribution in [2.75, 3.05) is 35.9 Å². The van der Waals surface area contributed by atoms with Crippen molar-refractivity contribution in [2.24, 2.45) is 0 Å². The van der Waals surface area contributed by atoms with Crippen molar-refractivity contribution in [2.45, 2.75) is 27.3 Å². The maximum absolute atomic E-state index is 13.6. The highest BCUT2D eigenvalue weighted by atomic mass is 16.5. The molecule has 1 aliphatic heterocycles. The maximum Gasteiger partial charge on any atom is 0.330 e. The molecule has 1 aliphatic rings. The first-order valence-corrected chi connectivity index (χ1v) is 10.3. The third-order valence-electron chi connectivity index (χ3n) is 5.56. The van der Waals surface area contributed by atoms with E-state index in [0.29, 0.717) is 36.4 Å². The molecule has 1 N–H and O–H groups in total. The van der Waals surface area contributed by atoms with Gasteiger partial charge in [0, 0.05) is 53.6 Å². The van der Waals surface area contributed by atoms with Gasteiger partial charge >= 0.3 is 6.03 Å². The van der Waals surface area contributed by atoms with Gasteiger partial charge in [0.15, 0.2) is 0 Å². The number of hydrogen-bond donors (Lipinski definition) is 1. The molecule has 0 saturated carbocycles. The second kappa shape index (κ2) is 8.70. The van der Waals surface area contributed by atoms with Crippen LogP contribution in [0.2, 0.25) is 0 Å². The number of anilines is 4. The maximum atomic E-state index is 13.6. The minimum atomic E-state index is -0.157. The Morgan fingerprint density at radius 1 is 1.09 bits per heavy atom. The van der Waals surface area contributed by atoms with Gasteiger partial charge in [-0.15, -0.1) is 0 Å². The zero-order valence-electron chi connectivity index (χ0n) is 18.8. The minimum absolute atomic E-state index is 0.157. The molecule has 0 atom stereocenters. The highest BCUT2D eigenvalue weighted by Crippen LogP contribution is 2.41. The number of carbonyl (C=O) groups is 1. The summed E-state index contributed by atoms with van der Waals surface area (Å²) in [5.74, 6) is 2.35. The fourth-order valence-corrected chi connectivity index (χ4v) is 3.98. The Morgan fingerprint density at radius 3 is 2.34 bits per heavy atom. The Morgan fingerprint density at radius 2 is 1.75 bits per heavy atom. The quantitative estimate of drug-likeness (QED) is 0.621. The minimum Gasteiger partial charge on any atom is -0.496 e. The summed E-state index contributed by atoms with van der Waals surface area (Å²) in [7, 11) is 3.22. The van der Waals surface area contributed by atoms with Gasteiger partial charge in [0.1, 0.15) is 17.3 Å². The normalized spacial score (nSPS) is 13.1. The molecular weight excluding hydrogens is 408 g/mol. The van der Waals surface area contributed by atoms with Crippen molar-refractivity contribution in [3.63, 3.8) is 0 Å². The monoisotopic (exact) mass is 434 g/mol. The molecule has 2 amide bonds. The second-order valence-electron chi connectivity index (χ2n) is 7.40. The first-order chi connectivity index (χ1) is 15.5. The van der Waals surface area contributed by atoms with E-state index in [-0.39, 0.29) is 6.03 Å². The Balaban J connectivity index is 1.76. The number of rotatable bonds is 6. The van der Waals surface area contributed by atoms with E-state index in [9.17, 15) is 4.79 Å². The molecule has 1 aromatic carbocycles. The molecule has 2 aromatic heterocycles. The van der Waals surface area contributed by atoms with Crippen molar-refractivity contribution in [1.29, 1.82) is 0 Å². The van der Waals surface area contributed by atoms with Crippen LogP contribution in [0.25, 0.3) is 0 Å². The molecule has 0 radical (unpaired) electrons. The summed E-state index contributed by atoms with van der Waals surface area (Å²) < 4.78 is 11.1. The summed E-state index contributed by atoms with van der Waals surface area (Å²) in [5, 5.41) is 3.16. The van der Waals surface area contributed by atoms with E-state index >= 15 is 0 Å². The Labute approximate surface area is 187 Å². The first kappa shape index (κ1) is 21.4. The van der Waals surface area contributed by atoms with Gasteiger partial charge in [0.05, 0.1) is 26.5 Å². The summed E-state index contributed by atoms with van der Waals surface area (Å²) in [6, 6.07) is 5.34. The van der Waals surface area contributed by atoms with E-state index in [0.717, 1.165) is 28.1 Å². The number of hydrogen-bond acceptors (Lipinski definition) is 7. The topological polar surface area (TPSA) is 92.7 Å². The molecule has 0 fully saturated rings. The van der Waals surface area contributed by atoms with Crippen LogP contribution in [0.4, 0.5) is 27.9 Å². The Kier molecular flexibility index (Phi) is 5.81. The number of pyridine rings is 1. The SMILES string of the molecule is CCN1C(=O)N(c2c(C)c(OC)cc(OC)c2C)Cc2cnc(Nc3ccncc3)nc21. The van der Waals surface area contributed by atoms with Crippen molar-refractivity contribution < 1.29 is 14.3 Å². The van der Waals surface area contributed by atoms with Gasteiger partial charge in [0.2, 0.25) is 5.95 Å². The fraction of sp³-hybridized carbons (Fsp3) is 0.304. The van der Waals surface area contributed by atoms with Crippen molar-refractivity contribution in [1.82, 2.24) is 15.0 Å². The van der Waals surface area contributed by atoms with E-state index in [1.807, 2.05) is 39.0 Å². The third-order valence-corrected chi connectivity index (χ3v) is 5.56. The highest BCUT2D eigenvalue weighted by Gasteiger charge is 2.34. The lowest BCUT2D eigenvalue weighted by Gasteiger charge is -2.37. The van der Waals surface area contributed by atoms with Crippen LogP contribution in [0.5, 0.6) is 11.5 Å². The number of nitrogens with zero attached hydrogens (tertiary/aromatic N) is 5. The van der Waals surface area contributed by atoms with Crippen LogP contribution in [-0.2, 0) is 6.54 Å². The van der Waals surface area contributed by atoms with Crippen LogP contribution < -0.4 is 24.6 Å². The van der Waals surface area contributed by atoms with E-state index < -0.39 is 0 Å². The molecule has 4 rings (SSSR count). The van der Waals surface area contributed by atoms with Crippen LogP contribution in [0, 0.1) is 13.8 Å². The fourth-order valence-electron chi connectivity index (χ4n) is 3.98. The standard InChI is InChI=1S/C23H26N6O3/c1-6-28-21-16(12-25-22(27-21)26-17-7-9-24-10-8-17)13-29(23(28)30)20-14(2)18(31-4)11-19(32-5)15(20)3/h7-12H,6,13H2,1-5H3,(H,24,25,26,27). The molecule has 9 heteroatoms. The Bertz CT molecular complexity index is 1120. The smallest absolute Gasteiger partial charge is 0.330 e. The number of urea groups is 1. The van der Waals surface area contributed by atoms with Gasteiger partial charge < -0.3 is 14.8 Å². The zero-order valence-corrected chi connectivity index (χ0v) is 18.8. The number of fused-ring (bicyclic) bond motifs is 1. The van der Waals surface area contributed by atoms with Gasteiger partial charge in [-0.1, -0.05) is 0 Å². The van der Waals surface area contributed by atoms with Crippen LogP contribution in [-0.4, -0.2) is 41.7 Å². The summed E-state index contributed by atoms with van der Waals surface area (Å²) >= 11 is 0. The van der Waals surface area contributed by atoms with Crippen LogP contribution in [0.3, 0.4) is 0 Å². The van der Waals surface area contributed by atoms with E-state index in [1.165, 1.54) is 0 Å². The number of aromatic nitrogens is 3. The molecule has 32 heavy (non-hydrogen) atoms. The lowest BCUT2D eigenvalue weighted by molar-refractivity contribution is 0.250. The molecular formula is C23H26N6O3. The van der Waals surface area contributed by atoms with Crippen LogP contribution in [0.15, 0.2) is 36.8 Å². The van der Waals surface area contributed by atoms with E-state index in [2.05, 4.69) is 20.3 Å². The molecule has 0 bridgehead atoms. The lowest BCUT2D eigenvalue weighted by Crippen LogP contribution is -2.48. The number of ether oxygens (including phenoxy) is 2. The van der Waals surface area contributed by atoms with E-state index in [4.69, 9.17) is 9.47 Å². The molecule has 0 unspecified atom stereocenters. The number of nitrogens with one attached hydrogen (secondary N) is 1. The van der Waals surface area contributed by atoms with Gasteiger partial charge in [-0.05, 0) is 32.9 Å². The summed E-state index contributed by atoms with van der Waals surface area (Å²) in [6.45, 7) is 6.62.